The van der Waals surface area contributed by atoms with Crippen LogP contribution >= 0.6 is 0 Å². The molecule has 1 aliphatic heterocycles. The lowest BCUT2D eigenvalue weighted by Gasteiger charge is -2.36. The zero-order valence-corrected chi connectivity index (χ0v) is 13.7. The Kier molecular flexibility index (Phi) is 3.99. The molecule has 1 heterocycles. The van der Waals surface area contributed by atoms with Gasteiger partial charge in [0.25, 0.3) is 5.91 Å². The Bertz CT molecular complexity index is 704. The summed E-state index contributed by atoms with van der Waals surface area (Å²) in [7, 11) is 0. The minimum atomic E-state index is -0.288. The van der Waals surface area contributed by atoms with E-state index in [0.717, 1.165) is 17.1 Å². The molecule has 23 heavy (non-hydrogen) atoms. The fourth-order valence-corrected chi connectivity index (χ4v) is 2.57. The van der Waals surface area contributed by atoms with Gasteiger partial charge in [0.2, 0.25) is 6.79 Å². The Morgan fingerprint density at radius 2 is 1.74 bits per heavy atom. The fourth-order valence-electron chi connectivity index (χ4n) is 2.57. The summed E-state index contributed by atoms with van der Waals surface area (Å²) in [5.74, 6) is 1.52. The Morgan fingerprint density at radius 1 is 1.04 bits per heavy atom. The van der Waals surface area contributed by atoms with Crippen molar-refractivity contribution in [2.75, 3.05) is 6.79 Å². The summed E-state index contributed by atoms with van der Waals surface area (Å²) >= 11 is 0. The molecule has 4 nitrogen and oxygen atoms in total. The molecule has 0 spiro atoms. The van der Waals surface area contributed by atoms with Crippen LogP contribution in [0.2, 0.25) is 0 Å². The number of hydrogen-bond acceptors (Lipinski definition) is 3. The van der Waals surface area contributed by atoms with Crippen molar-refractivity contribution in [2.45, 2.75) is 32.9 Å². The highest BCUT2D eigenvalue weighted by Crippen LogP contribution is 2.33. The summed E-state index contributed by atoms with van der Waals surface area (Å²) in [6, 6.07) is 15.2. The van der Waals surface area contributed by atoms with E-state index in [-0.39, 0.29) is 18.2 Å². The van der Waals surface area contributed by atoms with Gasteiger partial charge in [-0.3, -0.25) is 4.79 Å². The standard InChI is InChI=1S/C19H21NO3/c1-19(2,3)20(18(21)15-7-5-4-6-8-15)12-14-9-10-16-17(11-14)23-13-22-16/h4-11H,12-13H2,1-3H3. The molecule has 0 saturated heterocycles. The van der Waals surface area contributed by atoms with E-state index in [4.69, 9.17) is 9.47 Å². The van der Waals surface area contributed by atoms with Crippen LogP contribution in [0, 0.1) is 0 Å². The molecule has 0 bridgehead atoms. The van der Waals surface area contributed by atoms with Gasteiger partial charge in [0.05, 0.1) is 0 Å². The molecule has 0 atom stereocenters. The minimum Gasteiger partial charge on any atom is -0.454 e. The number of amides is 1. The van der Waals surface area contributed by atoms with Gasteiger partial charge in [-0.15, -0.1) is 0 Å². The second kappa shape index (κ2) is 5.95. The van der Waals surface area contributed by atoms with Crippen molar-refractivity contribution >= 4 is 5.91 Å². The molecule has 0 radical (unpaired) electrons. The zero-order chi connectivity index (χ0) is 16.4. The second-order valence-electron chi connectivity index (χ2n) is 6.62. The predicted molar refractivity (Wildman–Crippen MR) is 88.6 cm³/mol. The molecule has 0 aliphatic carbocycles. The van der Waals surface area contributed by atoms with Crippen molar-refractivity contribution in [3.05, 3.63) is 59.7 Å². The van der Waals surface area contributed by atoms with Crippen LogP contribution in [0.4, 0.5) is 0 Å². The molecular weight excluding hydrogens is 290 g/mol. The van der Waals surface area contributed by atoms with Crippen LogP contribution in [0.15, 0.2) is 48.5 Å². The molecule has 2 aromatic carbocycles. The van der Waals surface area contributed by atoms with Crippen molar-refractivity contribution < 1.29 is 14.3 Å². The van der Waals surface area contributed by atoms with Gasteiger partial charge in [0.1, 0.15) is 0 Å². The number of nitrogens with zero attached hydrogens (tertiary/aromatic N) is 1. The molecule has 0 fully saturated rings. The highest BCUT2D eigenvalue weighted by atomic mass is 16.7. The van der Waals surface area contributed by atoms with Gasteiger partial charge in [-0.1, -0.05) is 24.3 Å². The monoisotopic (exact) mass is 311 g/mol. The minimum absolute atomic E-state index is 0.0239. The first-order valence-electron chi connectivity index (χ1n) is 7.71. The number of carbonyl (C=O) groups is 1. The van der Waals surface area contributed by atoms with E-state index in [1.807, 2.05) is 74.2 Å². The van der Waals surface area contributed by atoms with E-state index in [0.29, 0.717) is 12.1 Å². The first-order valence-corrected chi connectivity index (χ1v) is 7.71. The smallest absolute Gasteiger partial charge is 0.254 e. The average molecular weight is 311 g/mol. The largest absolute Gasteiger partial charge is 0.454 e. The first-order chi connectivity index (χ1) is 10.9. The van der Waals surface area contributed by atoms with Crippen LogP contribution in [0.5, 0.6) is 11.5 Å². The van der Waals surface area contributed by atoms with Gasteiger partial charge in [0, 0.05) is 17.6 Å². The number of hydrogen-bond donors (Lipinski definition) is 0. The summed E-state index contributed by atoms with van der Waals surface area (Å²) in [6.07, 6.45) is 0. The molecule has 1 aliphatic rings. The fraction of sp³-hybridized carbons (Fsp3) is 0.316. The third-order valence-electron chi connectivity index (χ3n) is 3.85. The van der Waals surface area contributed by atoms with E-state index in [9.17, 15) is 4.79 Å². The van der Waals surface area contributed by atoms with Crippen molar-refractivity contribution in [3.8, 4) is 11.5 Å². The Balaban J connectivity index is 1.87. The lowest BCUT2D eigenvalue weighted by Crippen LogP contribution is -2.45. The maximum absolute atomic E-state index is 12.9. The molecule has 0 unspecified atom stereocenters. The lowest BCUT2D eigenvalue weighted by atomic mass is 10.0. The molecule has 3 rings (SSSR count). The average Bonchev–Trinajstić information content (AvgIpc) is 2.99. The van der Waals surface area contributed by atoms with Gasteiger partial charge in [-0.2, -0.15) is 0 Å². The van der Waals surface area contributed by atoms with Crippen LogP contribution in [-0.4, -0.2) is 23.1 Å². The summed E-state index contributed by atoms with van der Waals surface area (Å²) in [5, 5.41) is 0. The van der Waals surface area contributed by atoms with Gasteiger partial charge in [-0.25, -0.2) is 0 Å². The summed E-state index contributed by atoms with van der Waals surface area (Å²) in [4.78, 5) is 14.8. The summed E-state index contributed by atoms with van der Waals surface area (Å²) in [5.41, 5.74) is 1.43. The second-order valence-corrected chi connectivity index (χ2v) is 6.62. The zero-order valence-electron chi connectivity index (χ0n) is 13.7. The van der Waals surface area contributed by atoms with Crippen molar-refractivity contribution in [1.82, 2.24) is 4.90 Å². The number of ether oxygens (including phenoxy) is 2. The van der Waals surface area contributed by atoms with Gasteiger partial charge >= 0.3 is 0 Å². The maximum atomic E-state index is 12.9. The molecule has 0 aromatic heterocycles. The van der Waals surface area contributed by atoms with Crippen molar-refractivity contribution in [2.24, 2.45) is 0 Å². The quantitative estimate of drug-likeness (QED) is 0.864. The highest BCUT2D eigenvalue weighted by molar-refractivity contribution is 5.94. The van der Waals surface area contributed by atoms with Crippen LogP contribution < -0.4 is 9.47 Å². The third-order valence-corrected chi connectivity index (χ3v) is 3.85. The molecular formula is C19H21NO3. The number of fused-ring (bicyclic) bond motifs is 1. The normalized spacial score (nSPS) is 13.0. The van der Waals surface area contributed by atoms with Gasteiger partial charge < -0.3 is 14.4 Å². The van der Waals surface area contributed by atoms with Crippen LogP contribution in [0.1, 0.15) is 36.7 Å². The van der Waals surface area contributed by atoms with Crippen LogP contribution in [-0.2, 0) is 6.54 Å². The number of rotatable bonds is 3. The lowest BCUT2D eigenvalue weighted by molar-refractivity contribution is 0.0558. The van der Waals surface area contributed by atoms with Crippen LogP contribution in [0.25, 0.3) is 0 Å². The van der Waals surface area contributed by atoms with E-state index in [1.54, 1.807) is 0 Å². The first kappa shape index (κ1) is 15.4. The molecule has 1 amide bonds. The van der Waals surface area contributed by atoms with Crippen LogP contribution in [0.3, 0.4) is 0 Å². The number of benzene rings is 2. The third kappa shape index (κ3) is 3.31. The molecule has 4 heteroatoms. The summed E-state index contributed by atoms with van der Waals surface area (Å²) < 4.78 is 10.8. The predicted octanol–water partition coefficient (Wildman–Crippen LogP) is 3.86. The summed E-state index contributed by atoms with van der Waals surface area (Å²) in [6.45, 7) is 6.90. The molecule has 2 aromatic rings. The van der Waals surface area contributed by atoms with E-state index in [1.165, 1.54) is 0 Å². The maximum Gasteiger partial charge on any atom is 0.254 e. The Hall–Kier alpha value is -2.49. The van der Waals surface area contributed by atoms with E-state index in [2.05, 4.69) is 0 Å². The van der Waals surface area contributed by atoms with Gasteiger partial charge in [-0.05, 0) is 50.6 Å². The molecule has 0 saturated carbocycles. The highest BCUT2D eigenvalue weighted by Gasteiger charge is 2.28. The molecule has 120 valence electrons. The SMILES string of the molecule is CC(C)(C)N(Cc1ccc2c(c1)OCO2)C(=O)c1ccccc1. The van der Waals surface area contributed by atoms with Crippen molar-refractivity contribution in [1.29, 1.82) is 0 Å². The Labute approximate surface area is 136 Å². The molecule has 0 N–H and O–H groups in total. The van der Waals surface area contributed by atoms with E-state index >= 15 is 0 Å². The Morgan fingerprint density at radius 3 is 2.43 bits per heavy atom. The number of carbonyl (C=O) groups excluding carboxylic acids is 1. The van der Waals surface area contributed by atoms with Gasteiger partial charge in [0.15, 0.2) is 11.5 Å². The topological polar surface area (TPSA) is 38.8 Å². The van der Waals surface area contributed by atoms with E-state index < -0.39 is 0 Å². The van der Waals surface area contributed by atoms with Crippen molar-refractivity contribution in [3.63, 3.8) is 0 Å².